The minimum Gasteiger partial charge on any atom is -0.310 e. The molecule has 0 amide bonds. The zero-order valence-electron chi connectivity index (χ0n) is 39.1. The second kappa shape index (κ2) is 17.6. The number of nitrogens with zero attached hydrogens (tertiary/aromatic N) is 2. The van der Waals surface area contributed by atoms with E-state index in [0.717, 1.165) is 45.3 Å². The van der Waals surface area contributed by atoms with Crippen molar-refractivity contribution in [3.63, 3.8) is 0 Å². The van der Waals surface area contributed by atoms with Gasteiger partial charge in [-0.3, -0.25) is 0 Å². The van der Waals surface area contributed by atoms with E-state index in [-0.39, 0.29) is 0 Å². The summed E-state index contributed by atoms with van der Waals surface area (Å²) in [5.41, 5.74) is 13.8. The lowest BCUT2D eigenvalue weighted by Gasteiger charge is -2.28. The molecule has 0 fully saturated rings. The summed E-state index contributed by atoms with van der Waals surface area (Å²) in [6, 6.07) is 97.9. The van der Waals surface area contributed by atoms with E-state index in [1.54, 1.807) is 0 Å². The minimum atomic E-state index is 1.10. The molecule has 2 nitrogen and oxygen atoms in total. The van der Waals surface area contributed by atoms with Crippen LogP contribution in [-0.4, -0.2) is 0 Å². The van der Waals surface area contributed by atoms with Crippen molar-refractivity contribution in [3.8, 4) is 33.4 Å². The van der Waals surface area contributed by atoms with Crippen LogP contribution in [0.25, 0.3) is 95.3 Å². The summed E-state index contributed by atoms with van der Waals surface area (Å²) in [6.07, 6.45) is 0. The maximum Gasteiger partial charge on any atom is 0.0540 e. The number of anilines is 6. The van der Waals surface area contributed by atoms with E-state index in [0.29, 0.717) is 0 Å². The Labute approximate surface area is 426 Å². The SMILES string of the molecule is c1ccc2c(N(c3ccc(-c4ccc(N(c5ccc(-c6ccc7sc8ccccc8c7c6)cc5)c5cccc6ccccc56)cc4)cc3)c3ccc(-c4ccc5sc6ccccc6c5c4)cc3)cccc2c1. The molecule has 0 bridgehead atoms. The Morgan fingerprint density at radius 2 is 0.500 bits per heavy atom. The molecule has 0 radical (unpaired) electrons. The smallest absolute Gasteiger partial charge is 0.0540 e. The second-order valence-electron chi connectivity index (χ2n) is 18.5. The highest BCUT2D eigenvalue weighted by molar-refractivity contribution is 7.26. The molecular formula is C68H44N2S2. The van der Waals surface area contributed by atoms with Gasteiger partial charge in [0.15, 0.2) is 0 Å². The van der Waals surface area contributed by atoms with E-state index in [1.165, 1.54) is 84.1 Å². The van der Waals surface area contributed by atoms with Crippen LogP contribution in [0.2, 0.25) is 0 Å². The molecule has 0 spiro atoms. The fourth-order valence-electron chi connectivity index (χ4n) is 10.7. The third kappa shape index (κ3) is 7.39. The first-order valence-corrected chi connectivity index (χ1v) is 26.1. The van der Waals surface area contributed by atoms with Crippen molar-refractivity contribution in [2.45, 2.75) is 0 Å². The van der Waals surface area contributed by atoms with E-state index in [4.69, 9.17) is 0 Å². The van der Waals surface area contributed by atoms with Gasteiger partial charge in [-0.25, -0.2) is 0 Å². The van der Waals surface area contributed by atoms with Crippen LogP contribution in [0.5, 0.6) is 0 Å². The number of hydrogen-bond donors (Lipinski definition) is 0. The minimum absolute atomic E-state index is 1.10. The van der Waals surface area contributed by atoms with Crippen LogP contribution in [0.3, 0.4) is 0 Å². The van der Waals surface area contributed by atoms with Gasteiger partial charge in [0.2, 0.25) is 0 Å². The van der Waals surface area contributed by atoms with E-state index in [9.17, 15) is 0 Å². The summed E-state index contributed by atoms with van der Waals surface area (Å²) in [7, 11) is 0. The first kappa shape index (κ1) is 42.1. The van der Waals surface area contributed by atoms with Crippen LogP contribution in [-0.2, 0) is 0 Å². The summed E-state index contributed by atoms with van der Waals surface area (Å²) in [5, 5.41) is 10.1. The topological polar surface area (TPSA) is 6.48 Å². The van der Waals surface area contributed by atoms with E-state index in [2.05, 4.69) is 277 Å². The highest BCUT2D eigenvalue weighted by atomic mass is 32.1. The Bertz CT molecular complexity index is 4030. The summed E-state index contributed by atoms with van der Waals surface area (Å²) in [4.78, 5) is 4.79. The molecule has 72 heavy (non-hydrogen) atoms. The maximum atomic E-state index is 2.39. The Morgan fingerprint density at radius 3 is 0.889 bits per heavy atom. The summed E-state index contributed by atoms with van der Waals surface area (Å²) < 4.78 is 5.29. The number of hydrogen-bond acceptors (Lipinski definition) is 4. The lowest BCUT2D eigenvalue weighted by molar-refractivity contribution is 1.29. The molecule has 0 unspecified atom stereocenters. The Morgan fingerprint density at radius 1 is 0.208 bits per heavy atom. The Kier molecular flexibility index (Phi) is 10.3. The lowest BCUT2D eigenvalue weighted by Crippen LogP contribution is -2.10. The summed E-state index contributed by atoms with van der Waals surface area (Å²) in [6.45, 7) is 0. The molecule has 0 saturated carbocycles. The molecule has 2 aromatic heterocycles. The molecule has 14 rings (SSSR count). The van der Waals surface area contributed by atoms with Crippen molar-refractivity contribution in [2.75, 3.05) is 9.80 Å². The average Bonchev–Trinajstić information content (AvgIpc) is 4.02. The third-order valence-corrected chi connectivity index (χ3v) is 16.6. The van der Waals surface area contributed by atoms with Gasteiger partial charge in [-0.1, -0.05) is 170 Å². The van der Waals surface area contributed by atoms with Crippen LogP contribution < -0.4 is 9.80 Å². The highest BCUT2D eigenvalue weighted by Crippen LogP contribution is 2.44. The molecule has 2 heterocycles. The zero-order chi connectivity index (χ0) is 47.5. The van der Waals surface area contributed by atoms with Gasteiger partial charge in [-0.15, -0.1) is 22.7 Å². The van der Waals surface area contributed by atoms with E-state index < -0.39 is 0 Å². The lowest BCUT2D eigenvalue weighted by atomic mass is 10.0. The molecule has 0 atom stereocenters. The van der Waals surface area contributed by atoms with Gasteiger partial charge in [0, 0.05) is 73.9 Å². The van der Waals surface area contributed by atoms with Crippen LogP contribution in [0, 0.1) is 0 Å². The van der Waals surface area contributed by atoms with Gasteiger partial charge in [0.1, 0.15) is 0 Å². The maximum absolute atomic E-state index is 2.39. The largest absolute Gasteiger partial charge is 0.310 e. The number of fused-ring (bicyclic) bond motifs is 8. The van der Waals surface area contributed by atoms with Crippen molar-refractivity contribution >= 4 is 119 Å². The number of thiophene rings is 2. The second-order valence-corrected chi connectivity index (χ2v) is 20.6. The van der Waals surface area contributed by atoms with Gasteiger partial charge >= 0.3 is 0 Å². The molecule has 338 valence electrons. The first-order chi connectivity index (χ1) is 35.7. The summed E-state index contributed by atoms with van der Waals surface area (Å²) >= 11 is 3.72. The molecule has 14 aromatic rings. The van der Waals surface area contributed by atoms with Crippen LogP contribution in [0.4, 0.5) is 34.1 Å². The van der Waals surface area contributed by atoms with Crippen LogP contribution in [0.1, 0.15) is 0 Å². The van der Waals surface area contributed by atoms with Crippen molar-refractivity contribution in [3.05, 3.63) is 267 Å². The Balaban J connectivity index is 0.798. The van der Waals surface area contributed by atoms with E-state index in [1.807, 2.05) is 22.7 Å². The molecule has 0 N–H and O–H groups in total. The molecular weight excluding hydrogens is 909 g/mol. The van der Waals surface area contributed by atoms with Crippen molar-refractivity contribution < 1.29 is 0 Å². The quantitative estimate of drug-likeness (QED) is 0.142. The molecule has 0 aliphatic rings. The number of rotatable bonds is 9. The summed E-state index contributed by atoms with van der Waals surface area (Å²) in [5.74, 6) is 0. The molecule has 0 aliphatic carbocycles. The van der Waals surface area contributed by atoms with Gasteiger partial charge in [-0.2, -0.15) is 0 Å². The molecule has 4 heteroatoms. The zero-order valence-corrected chi connectivity index (χ0v) is 40.7. The predicted octanol–water partition coefficient (Wildman–Crippen LogP) is 20.7. The molecule has 12 aromatic carbocycles. The van der Waals surface area contributed by atoms with Gasteiger partial charge in [0.05, 0.1) is 11.4 Å². The monoisotopic (exact) mass is 952 g/mol. The predicted molar refractivity (Wildman–Crippen MR) is 313 cm³/mol. The van der Waals surface area contributed by atoms with Gasteiger partial charge in [0.25, 0.3) is 0 Å². The Hall–Kier alpha value is -8.80. The van der Waals surface area contributed by atoms with E-state index >= 15 is 0 Å². The van der Waals surface area contributed by atoms with Crippen molar-refractivity contribution in [1.82, 2.24) is 0 Å². The standard InChI is InChI=1S/C68H44N2S2/c1-3-15-57-49(11-1)13-9-19-63(57)69(55-37-27-47(28-38-55)51-31-41-67-61(43-51)59-17-5-7-21-65(59)71-67)53-33-23-45(24-34-53)46-25-35-54(36-26-46)70(64-20-10-14-50-12-2-4-16-58(50)64)56-39-29-48(30-40-56)52-32-42-68-62(44-52)60-18-6-8-22-66(60)72-68/h1-44H. The molecule has 0 saturated heterocycles. The fourth-order valence-corrected chi connectivity index (χ4v) is 12.9. The normalized spacial score (nSPS) is 11.6. The molecule has 0 aliphatic heterocycles. The number of benzene rings is 12. The third-order valence-electron chi connectivity index (χ3n) is 14.3. The first-order valence-electron chi connectivity index (χ1n) is 24.5. The highest BCUT2D eigenvalue weighted by Gasteiger charge is 2.19. The van der Waals surface area contributed by atoms with Gasteiger partial charge < -0.3 is 9.80 Å². The fraction of sp³-hybridized carbons (Fsp3) is 0. The average molecular weight is 953 g/mol. The van der Waals surface area contributed by atoms with Crippen LogP contribution >= 0.6 is 22.7 Å². The van der Waals surface area contributed by atoms with Crippen molar-refractivity contribution in [1.29, 1.82) is 0 Å². The van der Waals surface area contributed by atoms with Crippen LogP contribution in [0.15, 0.2) is 267 Å². The van der Waals surface area contributed by atoms with Crippen molar-refractivity contribution in [2.24, 2.45) is 0 Å². The van der Waals surface area contributed by atoms with Gasteiger partial charge in [-0.05, 0) is 141 Å².